The Balaban J connectivity index is 2.13. The van der Waals surface area contributed by atoms with Crippen molar-refractivity contribution in [3.05, 3.63) is 29.8 Å². The summed E-state index contributed by atoms with van der Waals surface area (Å²) in [6.07, 6.45) is 0.357. The first kappa shape index (κ1) is 15.3. The maximum Gasteiger partial charge on any atom is 0.407 e. The summed E-state index contributed by atoms with van der Waals surface area (Å²) in [7, 11) is 0. The van der Waals surface area contributed by atoms with E-state index in [1.54, 1.807) is 0 Å². The number of benzene rings is 1. The van der Waals surface area contributed by atoms with Crippen molar-refractivity contribution in [2.45, 2.75) is 39.7 Å². The summed E-state index contributed by atoms with van der Waals surface area (Å²) in [4.78, 5) is 11.4. The van der Waals surface area contributed by atoms with Crippen molar-refractivity contribution in [2.24, 2.45) is 0 Å². The van der Waals surface area contributed by atoms with Crippen molar-refractivity contribution in [3.63, 3.8) is 0 Å². The summed E-state index contributed by atoms with van der Waals surface area (Å²) in [6, 6.07) is 7.90. The first-order chi connectivity index (χ1) is 8.87. The molecule has 0 aliphatic heterocycles. The molecule has 4 heteroatoms. The first-order valence-corrected chi connectivity index (χ1v) is 6.53. The molecule has 0 saturated heterocycles. The standard InChI is InChI=1S/C15H23NO3/c1-12-7-5-8-13(11-12)18-10-6-9-16-14(17)19-15(2,3)4/h5,7-8,11H,6,9-10H2,1-4H3,(H,16,17). The molecule has 1 aromatic carbocycles. The third kappa shape index (κ3) is 7.34. The molecular formula is C15H23NO3. The Bertz CT molecular complexity index is 410. The van der Waals surface area contributed by atoms with Gasteiger partial charge < -0.3 is 14.8 Å². The van der Waals surface area contributed by atoms with Crippen LogP contribution in [0, 0.1) is 6.92 Å². The van der Waals surface area contributed by atoms with Crippen molar-refractivity contribution in [1.82, 2.24) is 5.32 Å². The zero-order valence-corrected chi connectivity index (χ0v) is 12.2. The second-order valence-corrected chi connectivity index (χ2v) is 5.45. The normalized spacial score (nSPS) is 10.9. The van der Waals surface area contributed by atoms with Gasteiger partial charge >= 0.3 is 6.09 Å². The zero-order chi connectivity index (χ0) is 14.3. The molecule has 0 aromatic heterocycles. The molecular weight excluding hydrogens is 242 g/mol. The van der Waals surface area contributed by atoms with Gasteiger partial charge in [-0.25, -0.2) is 4.79 Å². The summed E-state index contributed by atoms with van der Waals surface area (Å²) in [5.41, 5.74) is 0.715. The predicted molar refractivity (Wildman–Crippen MR) is 75.5 cm³/mol. The van der Waals surface area contributed by atoms with Crippen LogP contribution in [0.1, 0.15) is 32.8 Å². The lowest BCUT2D eigenvalue weighted by molar-refractivity contribution is 0.0525. The number of hydrogen-bond acceptors (Lipinski definition) is 3. The molecule has 0 aliphatic carbocycles. The second-order valence-electron chi connectivity index (χ2n) is 5.45. The van der Waals surface area contributed by atoms with Gasteiger partial charge in [0, 0.05) is 6.54 Å². The van der Waals surface area contributed by atoms with Crippen LogP contribution in [0.15, 0.2) is 24.3 Å². The summed E-state index contributed by atoms with van der Waals surface area (Å²) in [6.45, 7) is 8.66. The lowest BCUT2D eigenvalue weighted by atomic mass is 10.2. The Morgan fingerprint density at radius 2 is 2.05 bits per heavy atom. The van der Waals surface area contributed by atoms with E-state index in [0.717, 1.165) is 12.2 Å². The third-order valence-corrected chi connectivity index (χ3v) is 2.25. The molecule has 1 N–H and O–H groups in total. The number of nitrogens with one attached hydrogen (secondary N) is 1. The van der Waals surface area contributed by atoms with E-state index in [1.165, 1.54) is 5.56 Å². The summed E-state index contributed by atoms with van der Waals surface area (Å²) in [5.74, 6) is 0.859. The Kier molecular flexibility index (Phi) is 5.67. The maximum atomic E-state index is 11.4. The molecule has 0 bridgehead atoms. The number of aryl methyl sites for hydroxylation is 1. The van der Waals surface area contributed by atoms with E-state index in [0.29, 0.717) is 13.2 Å². The molecule has 19 heavy (non-hydrogen) atoms. The number of alkyl carbamates (subject to hydrolysis) is 1. The van der Waals surface area contributed by atoms with Gasteiger partial charge in [0.1, 0.15) is 11.4 Å². The molecule has 0 atom stereocenters. The maximum absolute atomic E-state index is 11.4. The largest absolute Gasteiger partial charge is 0.494 e. The van der Waals surface area contributed by atoms with E-state index in [1.807, 2.05) is 52.0 Å². The molecule has 0 fully saturated rings. The lowest BCUT2D eigenvalue weighted by Gasteiger charge is -2.19. The van der Waals surface area contributed by atoms with Gasteiger partial charge in [0.05, 0.1) is 6.61 Å². The fourth-order valence-corrected chi connectivity index (χ4v) is 1.47. The smallest absolute Gasteiger partial charge is 0.407 e. The number of carbonyl (C=O) groups excluding carboxylic acids is 1. The van der Waals surface area contributed by atoms with E-state index < -0.39 is 5.60 Å². The lowest BCUT2D eigenvalue weighted by Crippen LogP contribution is -2.33. The number of hydrogen-bond donors (Lipinski definition) is 1. The average Bonchev–Trinajstić information content (AvgIpc) is 2.26. The van der Waals surface area contributed by atoms with Crippen LogP contribution in [-0.2, 0) is 4.74 Å². The van der Waals surface area contributed by atoms with Crippen molar-refractivity contribution in [3.8, 4) is 5.75 Å². The topological polar surface area (TPSA) is 47.6 Å². The highest BCUT2D eigenvalue weighted by atomic mass is 16.6. The van der Waals surface area contributed by atoms with Crippen LogP contribution in [-0.4, -0.2) is 24.8 Å². The van der Waals surface area contributed by atoms with Crippen molar-refractivity contribution >= 4 is 6.09 Å². The van der Waals surface area contributed by atoms with Gasteiger partial charge in [0.15, 0.2) is 0 Å². The molecule has 1 aromatic rings. The fraction of sp³-hybridized carbons (Fsp3) is 0.533. The Morgan fingerprint density at radius 1 is 1.32 bits per heavy atom. The Labute approximate surface area is 115 Å². The number of ether oxygens (including phenoxy) is 2. The van der Waals surface area contributed by atoms with Gasteiger partial charge in [-0.2, -0.15) is 0 Å². The SMILES string of the molecule is Cc1cccc(OCCCNC(=O)OC(C)(C)C)c1. The predicted octanol–water partition coefficient (Wildman–Crippen LogP) is 3.29. The monoisotopic (exact) mass is 265 g/mol. The van der Waals surface area contributed by atoms with Crippen molar-refractivity contribution < 1.29 is 14.3 Å². The van der Waals surface area contributed by atoms with E-state index in [-0.39, 0.29) is 6.09 Å². The first-order valence-electron chi connectivity index (χ1n) is 6.53. The minimum atomic E-state index is -0.456. The van der Waals surface area contributed by atoms with E-state index >= 15 is 0 Å². The van der Waals surface area contributed by atoms with Crippen LogP contribution in [0.4, 0.5) is 4.79 Å². The van der Waals surface area contributed by atoms with Crippen LogP contribution >= 0.6 is 0 Å². The minimum absolute atomic E-state index is 0.386. The molecule has 106 valence electrons. The Morgan fingerprint density at radius 3 is 2.68 bits per heavy atom. The van der Waals surface area contributed by atoms with Crippen LogP contribution in [0.2, 0.25) is 0 Å². The molecule has 0 saturated carbocycles. The van der Waals surface area contributed by atoms with Gasteiger partial charge in [0.25, 0.3) is 0 Å². The zero-order valence-electron chi connectivity index (χ0n) is 12.2. The highest BCUT2D eigenvalue weighted by molar-refractivity contribution is 5.67. The molecule has 4 nitrogen and oxygen atoms in total. The summed E-state index contributed by atoms with van der Waals surface area (Å²) in [5, 5.41) is 2.70. The number of rotatable bonds is 5. The van der Waals surface area contributed by atoms with Gasteiger partial charge in [-0.05, 0) is 51.8 Å². The van der Waals surface area contributed by atoms with Crippen LogP contribution in [0.25, 0.3) is 0 Å². The molecule has 0 spiro atoms. The third-order valence-electron chi connectivity index (χ3n) is 2.25. The molecule has 0 radical (unpaired) electrons. The van der Waals surface area contributed by atoms with Crippen molar-refractivity contribution in [2.75, 3.05) is 13.2 Å². The molecule has 1 amide bonds. The van der Waals surface area contributed by atoms with Gasteiger partial charge in [0.2, 0.25) is 0 Å². The molecule has 0 aliphatic rings. The van der Waals surface area contributed by atoms with Gasteiger partial charge in [-0.15, -0.1) is 0 Å². The van der Waals surface area contributed by atoms with E-state index in [4.69, 9.17) is 9.47 Å². The summed E-state index contributed by atoms with van der Waals surface area (Å²) >= 11 is 0. The van der Waals surface area contributed by atoms with Gasteiger partial charge in [-0.3, -0.25) is 0 Å². The van der Waals surface area contributed by atoms with Crippen LogP contribution in [0.5, 0.6) is 5.75 Å². The minimum Gasteiger partial charge on any atom is -0.494 e. The molecule has 0 unspecified atom stereocenters. The Hall–Kier alpha value is -1.71. The second kappa shape index (κ2) is 7.02. The van der Waals surface area contributed by atoms with Gasteiger partial charge in [-0.1, -0.05) is 12.1 Å². The highest BCUT2D eigenvalue weighted by Gasteiger charge is 2.15. The fourth-order valence-electron chi connectivity index (χ4n) is 1.47. The van der Waals surface area contributed by atoms with E-state index in [9.17, 15) is 4.79 Å². The van der Waals surface area contributed by atoms with E-state index in [2.05, 4.69) is 5.32 Å². The molecule has 0 heterocycles. The van der Waals surface area contributed by atoms with Crippen molar-refractivity contribution in [1.29, 1.82) is 0 Å². The van der Waals surface area contributed by atoms with Crippen LogP contribution in [0.3, 0.4) is 0 Å². The number of carbonyl (C=O) groups is 1. The average molecular weight is 265 g/mol. The summed E-state index contributed by atoms with van der Waals surface area (Å²) < 4.78 is 10.7. The molecule has 1 rings (SSSR count). The van der Waals surface area contributed by atoms with Crippen LogP contribution < -0.4 is 10.1 Å². The highest BCUT2D eigenvalue weighted by Crippen LogP contribution is 2.12. The quantitative estimate of drug-likeness (QED) is 0.831. The number of amides is 1.